The van der Waals surface area contributed by atoms with Crippen LogP contribution in [-0.4, -0.2) is 12.6 Å². The third kappa shape index (κ3) is 4.02. The van der Waals surface area contributed by atoms with Crippen molar-refractivity contribution in [3.05, 3.63) is 29.3 Å². The van der Waals surface area contributed by atoms with Gasteiger partial charge in [-0.15, -0.1) is 0 Å². The molecule has 0 heterocycles. The molecule has 0 saturated heterocycles. The summed E-state index contributed by atoms with van der Waals surface area (Å²) in [5.74, 6) is 0. The quantitative estimate of drug-likeness (QED) is 0.742. The average molecular weight is 248 g/mol. The Bertz CT molecular complexity index is 358. The molecule has 0 unspecified atom stereocenters. The second kappa shape index (κ2) is 7.42. The molecule has 0 spiro atoms. The van der Waals surface area contributed by atoms with Crippen LogP contribution in [0, 0.1) is 6.92 Å². The van der Waals surface area contributed by atoms with E-state index < -0.39 is 0 Å². The number of nitrogens with zero attached hydrogens (tertiary/aromatic N) is 1. The van der Waals surface area contributed by atoms with E-state index in [-0.39, 0.29) is 0 Å². The monoisotopic (exact) mass is 248 g/mol. The number of hydrogen-bond acceptors (Lipinski definition) is 2. The van der Waals surface area contributed by atoms with Gasteiger partial charge in [-0.25, -0.2) is 0 Å². The van der Waals surface area contributed by atoms with E-state index in [0.717, 1.165) is 6.54 Å². The van der Waals surface area contributed by atoms with E-state index in [9.17, 15) is 0 Å². The first-order valence-corrected chi connectivity index (χ1v) is 7.16. The van der Waals surface area contributed by atoms with Crippen LogP contribution in [0.5, 0.6) is 0 Å². The Morgan fingerprint density at radius 2 is 1.94 bits per heavy atom. The fraction of sp³-hybridized carbons (Fsp3) is 0.625. The van der Waals surface area contributed by atoms with Crippen molar-refractivity contribution < 1.29 is 0 Å². The molecule has 102 valence electrons. The molecule has 2 nitrogen and oxygen atoms in total. The number of unbranched alkanes of at least 4 members (excludes halogenated alkanes) is 2. The summed E-state index contributed by atoms with van der Waals surface area (Å²) >= 11 is 0. The smallest absolute Gasteiger partial charge is 0.0414 e. The molecule has 18 heavy (non-hydrogen) atoms. The lowest BCUT2D eigenvalue weighted by Crippen LogP contribution is -2.32. The van der Waals surface area contributed by atoms with Gasteiger partial charge in [-0.3, -0.25) is 0 Å². The predicted octanol–water partition coefficient (Wildman–Crippen LogP) is 3.86. The first-order chi connectivity index (χ1) is 8.60. The molecule has 0 aliphatic rings. The van der Waals surface area contributed by atoms with E-state index in [1.165, 1.54) is 36.1 Å². The van der Waals surface area contributed by atoms with Gasteiger partial charge in [0.2, 0.25) is 0 Å². The standard InChI is InChI=1S/C16H28N2/c1-5-6-7-10-18(13(2)3)16-9-8-14(4)11-15(16)12-17/h8-9,11,13H,5-7,10,12,17H2,1-4H3. The Balaban J connectivity index is 2.90. The van der Waals surface area contributed by atoms with Gasteiger partial charge in [0.15, 0.2) is 0 Å². The van der Waals surface area contributed by atoms with E-state index in [1.54, 1.807) is 0 Å². The Morgan fingerprint density at radius 1 is 1.22 bits per heavy atom. The molecule has 0 aliphatic carbocycles. The molecule has 0 aromatic heterocycles. The molecule has 0 radical (unpaired) electrons. The molecule has 0 fully saturated rings. The van der Waals surface area contributed by atoms with Crippen molar-refractivity contribution in [1.82, 2.24) is 0 Å². The largest absolute Gasteiger partial charge is 0.369 e. The van der Waals surface area contributed by atoms with Crippen LogP contribution in [0.2, 0.25) is 0 Å². The van der Waals surface area contributed by atoms with Gasteiger partial charge in [-0.05, 0) is 38.8 Å². The van der Waals surface area contributed by atoms with Crippen molar-refractivity contribution in [2.45, 2.75) is 59.5 Å². The zero-order valence-electron chi connectivity index (χ0n) is 12.4. The summed E-state index contributed by atoms with van der Waals surface area (Å²) < 4.78 is 0. The number of benzene rings is 1. The topological polar surface area (TPSA) is 29.3 Å². The van der Waals surface area contributed by atoms with E-state index in [1.807, 2.05) is 0 Å². The van der Waals surface area contributed by atoms with Crippen molar-refractivity contribution >= 4 is 5.69 Å². The molecule has 1 rings (SSSR count). The zero-order valence-corrected chi connectivity index (χ0v) is 12.4. The summed E-state index contributed by atoms with van der Waals surface area (Å²) in [4.78, 5) is 2.48. The van der Waals surface area contributed by atoms with Gasteiger partial charge in [-0.1, -0.05) is 37.5 Å². The van der Waals surface area contributed by atoms with Crippen molar-refractivity contribution in [2.24, 2.45) is 5.73 Å². The van der Waals surface area contributed by atoms with Crippen LogP contribution in [-0.2, 0) is 6.54 Å². The highest BCUT2D eigenvalue weighted by Crippen LogP contribution is 2.24. The minimum Gasteiger partial charge on any atom is -0.369 e. The molecule has 1 aromatic rings. The van der Waals surface area contributed by atoms with Crippen LogP contribution in [0.15, 0.2) is 18.2 Å². The highest BCUT2D eigenvalue weighted by Gasteiger charge is 2.13. The maximum absolute atomic E-state index is 5.89. The number of nitrogens with two attached hydrogens (primary N) is 1. The Hall–Kier alpha value is -1.02. The van der Waals surface area contributed by atoms with Gasteiger partial charge < -0.3 is 10.6 Å². The Morgan fingerprint density at radius 3 is 2.50 bits per heavy atom. The third-order valence-corrected chi connectivity index (χ3v) is 3.39. The van der Waals surface area contributed by atoms with Gasteiger partial charge in [0.05, 0.1) is 0 Å². The maximum Gasteiger partial charge on any atom is 0.0414 e. The first-order valence-electron chi connectivity index (χ1n) is 7.16. The lowest BCUT2D eigenvalue weighted by atomic mass is 10.1. The molecular weight excluding hydrogens is 220 g/mol. The fourth-order valence-electron chi connectivity index (χ4n) is 2.35. The van der Waals surface area contributed by atoms with Gasteiger partial charge in [-0.2, -0.15) is 0 Å². The van der Waals surface area contributed by atoms with Crippen LogP contribution >= 0.6 is 0 Å². The normalized spacial score (nSPS) is 11.0. The molecule has 0 aliphatic heterocycles. The fourth-order valence-corrected chi connectivity index (χ4v) is 2.35. The lowest BCUT2D eigenvalue weighted by Gasteiger charge is -2.31. The highest BCUT2D eigenvalue weighted by molar-refractivity contribution is 5.55. The van der Waals surface area contributed by atoms with E-state index in [4.69, 9.17) is 5.73 Å². The summed E-state index contributed by atoms with van der Waals surface area (Å²) in [6.45, 7) is 10.6. The first kappa shape index (κ1) is 15.0. The molecule has 2 heteroatoms. The van der Waals surface area contributed by atoms with Crippen molar-refractivity contribution in [3.63, 3.8) is 0 Å². The molecule has 0 amide bonds. The van der Waals surface area contributed by atoms with Gasteiger partial charge in [0.25, 0.3) is 0 Å². The van der Waals surface area contributed by atoms with Crippen molar-refractivity contribution in [3.8, 4) is 0 Å². The molecule has 0 bridgehead atoms. The summed E-state index contributed by atoms with van der Waals surface area (Å²) in [5, 5.41) is 0. The van der Waals surface area contributed by atoms with Crippen LogP contribution in [0.3, 0.4) is 0 Å². The average Bonchev–Trinajstić information content (AvgIpc) is 2.35. The number of rotatable bonds is 7. The molecule has 0 atom stereocenters. The predicted molar refractivity (Wildman–Crippen MR) is 81.1 cm³/mol. The zero-order chi connectivity index (χ0) is 13.5. The Labute approximate surface area is 112 Å². The van der Waals surface area contributed by atoms with Crippen LogP contribution < -0.4 is 10.6 Å². The van der Waals surface area contributed by atoms with Crippen LogP contribution in [0.4, 0.5) is 5.69 Å². The minimum absolute atomic E-state index is 0.523. The summed E-state index contributed by atoms with van der Waals surface area (Å²) in [6, 6.07) is 7.15. The second-order valence-electron chi connectivity index (χ2n) is 5.33. The second-order valence-corrected chi connectivity index (χ2v) is 5.33. The SMILES string of the molecule is CCCCCN(c1ccc(C)cc1CN)C(C)C. The van der Waals surface area contributed by atoms with Gasteiger partial charge >= 0.3 is 0 Å². The number of hydrogen-bond donors (Lipinski definition) is 1. The summed E-state index contributed by atoms with van der Waals surface area (Å²) in [7, 11) is 0. The van der Waals surface area contributed by atoms with E-state index >= 15 is 0 Å². The van der Waals surface area contributed by atoms with Gasteiger partial charge in [0.1, 0.15) is 0 Å². The lowest BCUT2D eigenvalue weighted by molar-refractivity contribution is 0.623. The van der Waals surface area contributed by atoms with Crippen molar-refractivity contribution in [2.75, 3.05) is 11.4 Å². The Kier molecular flexibility index (Phi) is 6.20. The van der Waals surface area contributed by atoms with E-state index in [0.29, 0.717) is 12.6 Å². The molecule has 1 aromatic carbocycles. The molecule has 2 N–H and O–H groups in total. The number of aryl methyl sites for hydroxylation is 1. The third-order valence-electron chi connectivity index (χ3n) is 3.39. The van der Waals surface area contributed by atoms with Crippen LogP contribution in [0.1, 0.15) is 51.2 Å². The summed E-state index contributed by atoms with van der Waals surface area (Å²) in [5.41, 5.74) is 9.75. The molecule has 0 saturated carbocycles. The number of anilines is 1. The summed E-state index contributed by atoms with van der Waals surface area (Å²) in [6.07, 6.45) is 3.82. The highest BCUT2D eigenvalue weighted by atomic mass is 15.2. The van der Waals surface area contributed by atoms with Crippen LogP contribution in [0.25, 0.3) is 0 Å². The molecular formula is C16H28N2. The minimum atomic E-state index is 0.523. The van der Waals surface area contributed by atoms with Gasteiger partial charge in [0, 0.05) is 24.8 Å². The van der Waals surface area contributed by atoms with Crippen molar-refractivity contribution in [1.29, 1.82) is 0 Å². The van der Waals surface area contributed by atoms with E-state index in [2.05, 4.69) is 50.8 Å². The maximum atomic E-state index is 5.89.